The molecule has 2 heterocycles. The summed E-state index contributed by atoms with van der Waals surface area (Å²) >= 11 is 5.70. The Morgan fingerprint density at radius 1 is 1.28 bits per heavy atom. The van der Waals surface area contributed by atoms with E-state index >= 15 is 0 Å². The summed E-state index contributed by atoms with van der Waals surface area (Å²) in [5.74, 6) is 0.146. The van der Waals surface area contributed by atoms with Crippen molar-refractivity contribution in [3.05, 3.63) is 35.4 Å². The predicted molar refractivity (Wildman–Crippen MR) is 66.5 cm³/mol. The molecule has 3 aromatic rings. The first-order valence-electron chi connectivity index (χ1n) is 5.07. The van der Waals surface area contributed by atoms with Gasteiger partial charge < -0.3 is 10.7 Å². The fourth-order valence-corrected chi connectivity index (χ4v) is 1.81. The summed E-state index contributed by atoms with van der Waals surface area (Å²) < 4.78 is 13.8. The van der Waals surface area contributed by atoms with Gasteiger partial charge in [-0.15, -0.1) is 0 Å². The van der Waals surface area contributed by atoms with Crippen LogP contribution in [0.5, 0.6) is 0 Å². The number of benzene rings is 1. The second kappa shape index (κ2) is 3.92. The Kier molecular flexibility index (Phi) is 2.38. The number of aromatic amines is 1. The van der Waals surface area contributed by atoms with Gasteiger partial charge in [-0.25, -0.2) is 19.3 Å². The number of imidazole rings is 1. The molecule has 0 atom stereocenters. The highest BCUT2D eigenvalue weighted by molar-refractivity contribution is 6.30. The topological polar surface area (TPSA) is 80.5 Å². The third kappa shape index (κ3) is 1.67. The van der Waals surface area contributed by atoms with Crippen LogP contribution in [0.1, 0.15) is 0 Å². The molecular formula is C11H7ClFN5. The van der Waals surface area contributed by atoms with E-state index in [0.29, 0.717) is 27.6 Å². The highest BCUT2D eigenvalue weighted by atomic mass is 35.5. The predicted octanol–water partition coefficient (Wildman–Crippen LogP) is 2.39. The summed E-state index contributed by atoms with van der Waals surface area (Å²) in [6.07, 6.45) is 1.31. The van der Waals surface area contributed by atoms with Gasteiger partial charge in [0.2, 0.25) is 0 Å². The van der Waals surface area contributed by atoms with Crippen LogP contribution in [0, 0.1) is 5.82 Å². The number of nitrogens with zero attached hydrogens (tertiary/aromatic N) is 3. The van der Waals surface area contributed by atoms with Crippen molar-refractivity contribution >= 4 is 28.6 Å². The van der Waals surface area contributed by atoms with E-state index in [1.54, 1.807) is 12.1 Å². The monoisotopic (exact) mass is 263 g/mol. The van der Waals surface area contributed by atoms with E-state index in [1.165, 1.54) is 12.4 Å². The fraction of sp³-hybridized carbons (Fsp3) is 0. The van der Waals surface area contributed by atoms with Gasteiger partial charge in [0.1, 0.15) is 23.5 Å². The molecule has 0 bridgehead atoms. The molecule has 0 saturated carbocycles. The SMILES string of the molecule is Nc1ncnc2nc(-c3ccc(Cl)cc3F)[nH]c12. The maximum atomic E-state index is 13.8. The Balaban J connectivity index is 2.23. The van der Waals surface area contributed by atoms with E-state index in [4.69, 9.17) is 17.3 Å². The molecule has 0 saturated heterocycles. The molecule has 0 aliphatic heterocycles. The van der Waals surface area contributed by atoms with Crippen LogP contribution in [-0.2, 0) is 0 Å². The lowest BCUT2D eigenvalue weighted by molar-refractivity contribution is 0.630. The van der Waals surface area contributed by atoms with Gasteiger partial charge in [0.15, 0.2) is 11.5 Å². The molecule has 2 aromatic heterocycles. The van der Waals surface area contributed by atoms with Crippen LogP contribution in [-0.4, -0.2) is 19.9 Å². The first-order chi connectivity index (χ1) is 8.65. The van der Waals surface area contributed by atoms with Gasteiger partial charge in [-0.1, -0.05) is 11.6 Å². The third-order valence-corrected chi connectivity index (χ3v) is 2.74. The van der Waals surface area contributed by atoms with Gasteiger partial charge in [-0.2, -0.15) is 0 Å². The standard InChI is InChI=1S/C11H7ClFN5/c12-5-1-2-6(7(13)3-5)10-17-8-9(14)15-4-16-11(8)18-10/h1-4H,(H3,14,15,16,17,18). The van der Waals surface area contributed by atoms with Crippen molar-refractivity contribution < 1.29 is 4.39 Å². The van der Waals surface area contributed by atoms with Gasteiger partial charge in [0.25, 0.3) is 0 Å². The number of halogens is 2. The number of fused-ring (bicyclic) bond motifs is 1. The van der Waals surface area contributed by atoms with E-state index in [1.807, 2.05) is 0 Å². The van der Waals surface area contributed by atoms with Gasteiger partial charge in [0, 0.05) is 5.02 Å². The Morgan fingerprint density at radius 3 is 2.83 bits per heavy atom. The number of H-pyrrole nitrogens is 1. The molecule has 0 radical (unpaired) electrons. The van der Waals surface area contributed by atoms with Crippen molar-refractivity contribution in [2.75, 3.05) is 5.73 Å². The molecule has 1 aromatic carbocycles. The average Bonchev–Trinajstić information content (AvgIpc) is 2.74. The summed E-state index contributed by atoms with van der Waals surface area (Å²) in [6, 6.07) is 4.35. The summed E-state index contributed by atoms with van der Waals surface area (Å²) in [6.45, 7) is 0. The minimum absolute atomic E-state index is 0.271. The van der Waals surface area contributed by atoms with E-state index < -0.39 is 5.82 Å². The summed E-state index contributed by atoms with van der Waals surface area (Å²) in [5.41, 5.74) is 6.86. The number of aromatic nitrogens is 4. The number of hydrogen-bond acceptors (Lipinski definition) is 4. The number of rotatable bonds is 1. The Hall–Kier alpha value is -2.21. The van der Waals surface area contributed by atoms with Gasteiger partial charge in [0.05, 0.1) is 5.56 Å². The minimum atomic E-state index is -0.465. The van der Waals surface area contributed by atoms with Crippen molar-refractivity contribution in [3.63, 3.8) is 0 Å². The molecule has 0 spiro atoms. The summed E-state index contributed by atoms with van der Waals surface area (Å²) in [4.78, 5) is 14.8. The zero-order valence-corrected chi connectivity index (χ0v) is 9.74. The van der Waals surface area contributed by atoms with Crippen LogP contribution >= 0.6 is 11.6 Å². The number of nitrogens with two attached hydrogens (primary N) is 1. The Morgan fingerprint density at radius 2 is 2.11 bits per heavy atom. The second-order valence-electron chi connectivity index (χ2n) is 3.67. The lowest BCUT2D eigenvalue weighted by Gasteiger charge is -1.99. The molecule has 18 heavy (non-hydrogen) atoms. The molecule has 0 unspecified atom stereocenters. The number of hydrogen-bond donors (Lipinski definition) is 2. The molecule has 7 heteroatoms. The number of nitrogen functional groups attached to an aromatic ring is 1. The Bertz CT molecular complexity index is 739. The van der Waals surface area contributed by atoms with Gasteiger partial charge in [-0.05, 0) is 18.2 Å². The quantitative estimate of drug-likeness (QED) is 0.706. The molecule has 0 fully saturated rings. The lowest BCUT2D eigenvalue weighted by Crippen LogP contribution is -1.91. The third-order valence-electron chi connectivity index (χ3n) is 2.50. The first kappa shape index (κ1) is 10.9. The van der Waals surface area contributed by atoms with Crippen LogP contribution in [0.4, 0.5) is 10.2 Å². The van der Waals surface area contributed by atoms with E-state index in [-0.39, 0.29) is 5.82 Å². The first-order valence-corrected chi connectivity index (χ1v) is 5.44. The molecule has 5 nitrogen and oxygen atoms in total. The van der Waals surface area contributed by atoms with Crippen LogP contribution in [0.15, 0.2) is 24.5 Å². The maximum absolute atomic E-state index is 13.8. The minimum Gasteiger partial charge on any atom is -0.382 e. The van der Waals surface area contributed by atoms with Crippen molar-refractivity contribution in [2.24, 2.45) is 0 Å². The van der Waals surface area contributed by atoms with Gasteiger partial charge in [-0.3, -0.25) is 0 Å². The maximum Gasteiger partial charge on any atom is 0.183 e. The summed E-state index contributed by atoms with van der Waals surface area (Å²) in [7, 11) is 0. The van der Waals surface area contributed by atoms with Crippen LogP contribution in [0.3, 0.4) is 0 Å². The highest BCUT2D eigenvalue weighted by Crippen LogP contribution is 2.25. The van der Waals surface area contributed by atoms with Crippen LogP contribution in [0.2, 0.25) is 5.02 Å². The lowest BCUT2D eigenvalue weighted by atomic mass is 10.2. The second-order valence-corrected chi connectivity index (χ2v) is 4.10. The van der Waals surface area contributed by atoms with Crippen molar-refractivity contribution in [1.82, 2.24) is 19.9 Å². The normalized spacial score (nSPS) is 11.0. The average molecular weight is 264 g/mol. The van der Waals surface area contributed by atoms with E-state index in [9.17, 15) is 4.39 Å². The molecule has 0 aliphatic rings. The summed E-state index contributed by atoms with van der Waals surface area (Å²) in [5, 5.41) is 0.326. The van der Waals surface area contributed by atoms with Crippen molar-refractivity contribution in [3.8, 4) is 11.4 Å². The molecule has 3 N–H and O–H groups in total. The number of nitrogens with one attached hydrogen (secondary N) is 1. The molecule has 0 aliphatic carbocycles. The fourth-order valence-electron chi connectivity index (χ4n) is 1.66. The van der Waals surface area contributed by atoms with Gasteiger partial charge >= 0.3 is 0 Å². The van der Waals surface area contributed by atoms with E-state index in [0.717, 1.165) is 0 Å². The van der Waals surface area contributed by atoms with Crippen molar-refractivity contribution in [2.45, 2.75) is 0 Å². The largest absolute Gasteiger partial charge is 0.382 e. The van der Waals surface area contributed by atoms with Crippen LogP contribution < -0.4 is 5.73 Å². The van der Waals surface area contributed by atoms with E-state index in [2.05, 4.69) is 19.9 Å². The Labute approximate surface area is 106 Å². The van der Waals surface area contributed by atoms with Crippen molar-refractivity contribution in [1.29, 1.82) is 0 Å². The molecule has 3 rings (SSSR count). The highest BCUT2D eigenvalue weighted by Gasteiger charge is 2.12. The smallest absolute Gasteiger partial charge is 0.183 e. The van der Waals surface area contributed by atoms with Crippen LogP contribution in [0.25, 0.3) is 22.6 Å². The zero-order chi connectivity index (χ0) is 12.7. The zero-order valence-electron chi connectivity index (χ0n) is 8.98. The number of anilines is 1. The molecular weight excluding hydrogens is 257 g/mol. The molecule has 0 amide bonds. The molecule has 90 valence electrons.